The van der Waals surface area contributed by atoms with Gasteiger partial charge in [-0.05, 0) is 0 Å². The van der Waals surface area contributed by atoms with Crippen molar-refractivity contribution in [3.63, 3.8) is 0 Å². The first-order valence-corrected chi connectivity index (χ1v) is 7.48. The van der Waals surface area contributed by atoms with E-state index in [1.165, 1.54) is 28.4 Å². The van der Waals surface area contributed by atoms with Crippen molar-refractivity contribution in [2.45, 2.75) is 6.55 Å². The third-order valence-electron chi connectivity index (χ3n) is 1.57. The molecule has 0 atom stereocenters. The molecular formula is C5H16O6Si2. The Morgan fingerprint density at radius 3 is 1.46 bits per heavy atom. The van der Waals surface area contributed by atoms with Gasteiger partial charge in [0.25, 0.3) is 0 Å². The first kappa shape index (κ1) is 13.2. The summed E-state index contributed by atoms with van der Waals surface area (Å²) in [5.41, 5.74) is 0. The van der Waals surface area contributed by atoms with E-state index >= 15 is 0 Å². The maximum absolute atomic E-state index is 9.57. The van der Waals surface area contributed by atoms with E-state index in [2.05, 4.69) is 0 Å². The zero-order chi connectivity index (χ0) is 10.5. The van der Waals surface area contributed by atoms with E-state index in [1.54, 1.807) is 6.55 Å². The van der Waals surface area contributed by atoms with E-state index in [-0.39, 0.29) is 0 Å². The third-order valence-corrected chi connectivity index (χ3v) is 6.60. The predicted molar refractivity (Wildman–Crippen MR) is 48.7 cm³/mol. The van der Waals surface area contributed by atoms with Crippen LogP contribution in [0.1, 0.15) is 0 Å². The van der Waals surface area contributed by atoms with Crippen LogP contribution in [0.5, 0.6) is 0 Å². The van der Waals surface area contributed by atoms with Gasteiger partial charge in [0.15, 0.2) is 0 Å². The van der Waals surface area contributed by atoms with E-state index in [0.717, 1.165) is 0 Å². The zero-order valence-corrected chi connectivity index (χ0v) is 10.5. The molecule has 0 aromatic rings. The van der Waals surface area contributed by atoms with Crippen molar-refractivity contribution in [2.75, 3.05) is 28.4 Å². The van der Waals surface area contributed by atoms with Crippen molar-refractivity contribution in [1.82, 2.24) is 0 Å². The van der Waals surface area contributed by atoms with E-state index in [0.29, 0.717) is 0 Å². The smallest absolute Gasteiger partial charge is 0.377 e. The quantitative estimate of drug-likeness (QED) is 0.623. The lowest BCUT2D eigenvalue weighted by Gasteiger charge is -2.28. The molecule has 0 rings (SSSR count). The van der Waals surface area contributed by atoms with E-state index < -0.39 is 17.9 Å². The Hall–Kier alpha value is 0.194. The second-order valence-electron chi connectivity index (χ2n) is 2.30. The van der Waals surface area contributed by atoms with E-state index in [9.17, 15) is 4.80 Å². The van der Waals surface area contributed by atoms with E-state index in [1.807, 2.05) is 0 Å². The third kappa shape index (κ3) is 3.83. The van der Waals surface area contributed by atoms with Crippen LogP contribution in [-0.4, -0.2) is 51.1 Å². The van der Waals surface area contributed by atoms with Gasteiger partial charge in [-0.2, -0.15) is 0 Å². The van der Waals surface area contributed by atoms with E-state index in [4.69, 9.17) is 21.8 Å². The highest BCUT2D eigenvalue weighted by atomic mass is 28.5. The Kier molecular flexibility index (Phi) is 5.25. The fourth-order valence-corrected chi connectivity index (χ4v) is 4.11. The Labute approximate surface area is 80.2 Å². The Balaban J connectivity index is 4.36. The molecule has 0 spiro atoms. The van der Waals surface area contributed by atoms with Gasteiger partial charge < -0.3 is 26.6 Å². The van der Waals surface area contributed by atoms with Crippen molar-refractivity contribution < 1.29 is 26.6 Å². The second kappa shape index (κ2) is 5.17. The summed E-state index contributed by atoms with van der Waals surface area (Å²) in [6.45, 7) is 1.63. The molecule has 6 nitrogen and oxygen atoms in total. The minimum atomic E-state index is -3.56. The number of hydrogen-bond donors (Lipinski definition) is 1. The lowest BCUT2D eigenvalue weighted by Crippen LogP contribution is -2.56. The molecule has 0 fully saturated rings. The molecule has 80 valence electrons. The number of hydrogen-bond acceptors (Lipinski definition) is 6. The summed E-state index contributed by atoms with van der Waals surface area (Å²) < 4.78 is 24.6. The lowest BCUT2D eigenvalue weighted by atomic mass is 11.8. The summed E-state index contributed by atoms with van der Waals surface area (Å²) in [5.74, 6) is 0. The topological polar surface area (TPSA) is 66.4 Å². The van der Waals surface area contributed by atoms with Gasteiger partial charge in [-0.25, -0.2) is 0 Å². The molecule has 0 saturated carbocycles. The van der Waals surface area contributed by atoms with Crippen LogP contribution in [0.25, 0.3) is 0 Å². The summed E-state index contributed by atoms with van der Waals surface area (Å²) in [5, 5.41) is 0. The fraction of sp³-hybridized carbons (Fsp3) is 1.00. The van der Waals surface area contributed by atoms with Gasteiger partial charge in [0.05, 0.1) is 0 Å². The molecule has 0 radical (unpaired) electrons. The van der Waals surface area contributed by atoms with Gasteiger partial charge in [-0.1, -0.05) is 0 Å². The first-order chi connectivity index (χ1) is 5.95. The fourth-order valence-electron chi connectivity index (χ4n) is 0.568. The average Bonchev–Trinajstić information content (AvgIpc) is 2.17. The minimum absolute atomic E-state index is 1.30. The SMILES string of the molecule is CO[Si](C)(OC)O[Si](O)(OC)OC. The molecule has 0 aromatic carbocycles. The molecule has 0 bridgehead atoms. The number of rotatable bonds is 6. The molecule has 0 aliphatic heterocycles. The summed E-state index contributed by atoms with van der Waals surface area (Å²) in [6.07, 6.45) is 0. The zero-order valence-electron chi connectivity index (χ0n) is 8.49. The van der Waals surface area contributed by atoms with Crippen LogP contribution in [0.4, 0.5) is 0 Å². The van der Waals surface area contributed by atoms with Crippen LogP contribution in [0.15, 0.2) is 0 Å². The molecule has 1 N–H and O–H groups in total. The van der Waals surface area contributed by atoms with Crippen LogP contribution in [0, 0.1) is 0 Å². The lowest BCUT2D eigenvalue weighted by molar-refractivity contribution is 0.0328. The Bertz CT molecular complexity index is 130. The van der Waals surface area contributed by atoms with Gasteiger partial charge in [0.2, 0.25) is 0 Å². The summed E-state index contributed by atoms with van der Waals surface area (Å²) in [4.78, 5) is 9.57. The van der Waals surface area contributed by atoms with Crippen LogP contribution < -0.4 is 0 Å². The largest absolute Gasteiger partial charge is 0.668 e. The molecule has 13 heavy (non-hydrogen) atoms. The molecular weight excluding hydrogens is 212 g/mol. The van der Waals surface area contributed by atoms with Gasteiger partial charge in [-0.15, -0.1) is 0 Å². The first-order valence-electron chi connectivity index (χ1n) is 3.58. The van der Waals surface area contributed by atoms with Crippen LogP contribution in [0.3, 0.4) is 0 Å². The minimum Gasteiger partial charge on any atom is -0.377 e. The Morgan fingerprint density at radius 2 is 1.23 bits per heavy atom. The molecule has 8 heteroatoms. The van der Waals surface area contributed by atoms with Crippen molar-refractivity contribution in [3.05, 3.63) is 0 Å². The summed E-state index contributed by atoms with van der Waals surface area (Å²) in [7, 11) is -0.892. The molecule has 0 heterocycles. The highest BCUT2D eigenvalue weighted by Crippen LogP contribution is 2.14. The maximum Gasteiger partial charge on any atom is 0.668 e. The molecule has 0 aromatic heterocycles. The van der Waals surface area contributed by atoms with Gasteiger partial charge in [0, 0.05) is 35.0 Å². The average molecular weight is 228 g/mol. The molecule has 0 aliphatic carbocycles. The van der Waals surface area contributed by atoms with Crippen molar-refractivity contribution in [2.24, 2.45) is 0 Å². The van der Waals surface area contributed by atoms with Crippen molar-refractivity contribution in [3.8, 4) is 0 Å². The molecule has 0 aliphatic rings. The van der Waals surface area contributed by atoms with Crippen LogP contribution in [0.2, 0.25) is 6.55 Å². The summed E-state index contributed by atoms with van der Waals surface area (Å²) >= 11 is 0. The highest BCUT2D eigenvalue weighted by molar-refractivity contribution is 6.70. The highest BCUT2D eigenvalue weighted by Gasteiger charge is 2.49. The molecule has 0 saturated heterocycles. The maximum atomic E-state index is 9.57. The molecule has 0 unspecified atom stereocenters. The Morgan fingerprint density at radius 1 is 0.846 bits per heavy atom. The standard InChI is InChI=1S/C5H16O6Si2/c1-7-12(5,8-2)11-13(6,9-3)10-4/h6H,1-5H3. The van der Waals surface area contributed by atoms with Crippen molar-refractivity contribution in [1.29, 1.82) is 0 Å². The summed E-state index contributed by atoms with van der Waals surface area (Å²) in [6, 6.07) is 0. The van der Waals surface area contributed by atoms with Crippen LogP contribution in [-0.2, 0) is 21.8 Å². The van der Waals surface area contributed by atoms with Crippen LogP contribution >= 0.6 is 0 Å². The van der Waals surface area contributed by atoms with Gasteiger partial charge in [-0.3, -0.25) is 0 Å². The normalized spacial score (nSPS) is 13.4. The second-order valence-corrected chi connectivity index (χ2v) is 7.53. The van der Waals surface area contributed by atoms with Crippen molar-refractivity contribution >= 4 is 17.9 Å². The monoisotopic (exact) mass is 228 g/mol. The van der Waals surface area contributed by atoms with Gasteiger partial charge >= 0.3 is 17.9 Å². The predicted octanol–water partition coefficient (Wildman–Crippen LogP) is -0.415. The van der Waals surface area contributed by atoms with Gasteiger partial charge in [0.1, 0.15) is 0 Å². The molecule has 0 amide bonds.